The van der Waals surface area contributed by atoms with Gasteiger partial charge < -0.3 is 11.0 Å². The molecular formula is C10H7NaO4. The Bertz CT molecular complexity index is 564. The molecule has 0 saturated carbocycles. The van der Waals surface area contributed by atoms with Crippen LogP contribution in [0.1, 0.15) is 11.8 Å². The molecule has 1 aromatic heterocycles. The Morgan fingerprint density at radius 2 is 2.00 bits per heavy atom. The van der Waals surface area contributed by atoms with Crippen molar-refractivity contribution in [3.8, 4) is 0 Å². The van der Waals surface area contributed by atoms with Gasteiger partial charge >= 0.3 is 41.2 Å². The maximum absolute atomic E-state index is 11.1. The first kappa shape index (κ1) is 12.0. The van der Waals surface area contributed by atoms with Crippen molar-refractivity contribution in [3.63, 3.8) is 0 Å². The summed E-state index contributed by atoms with van der Waals surface area (Å²) in [6.45, 7) is 0. The summed E-state index contributed by atoms with van der Waals surface area (Å²) in [7, 11) is 0. The third-order valence-electron chi connectivity index (χ3n) is 1.87. The molecule has 0 fully saturated rings. The van der Waals surface area contributed by atoms with Crippen LogP contribution in [0.5, 0.6) is 0 Å². The van der Waals surface area contributed by atoms with Crippen LogP contribution in [-0.2, 0) is 0 Å². The van der Waals surface area contributed by atoms with Crippen molar-refractivity contribution in [2.75, 3.05) is 0 Å². The second kappa shape index (κ2) is 4.61. The van der Waals surface area contributed by atoms with Crippen LogP contribution in [-0.4, -0.2) is 11.1 Å². The van der Waals surface area contributed by atoms with E-state index in [1.165, 1.54) is 6.07 Å². The van der Waals surface area contributed by atoms with Gasteiger partial charge in [0.15, 0.2) is 0 Å². The second-order valence-electron chi connectivity index (χ2n) is 2.79. The van der Waals surface area contributed by atoms with Gasteiger partial charge in [-0.25, -0.2) is 9.59 Å². The summed E-state index contributed by atoms with van der Waals surface area (Å²) >= 11 is 0. The molecule has 1 aromatic carbocycles. The molecule has 0 amide bonds. The zero-order valence-corrected chi connectivity index (χ0v) is 10.1. The standard InChI is InChI=1S/C10H6O4.Na.H/c11-9(12)7-5-6-3-1-2-4-8(6)14-10(7)13;;/h1-5H,(H,11,12);;/q;+1;-1. The number of carboxylic acid groups (broad SMARTS) is 1. The summed E-state index contributed by atoms with van der Waals surface area (Å²) in [5.74, 6) is -1.27. The van der Waals surface area contributed by atoms with Crippen LogP contribution in [0.3, 0.4) is 0 Å². The van der Waals surface area contributed by atoms with E-state index in [2.05, 4.69) is 0 Å². The van der Waals surface area contributed by atoms with E-state index in [-0.39, 0.29) is 36.5 Å². The molecule has 0 saturated heterocycles. The van der Waals surface area contributed by atoms with Crippen LogP contribution in [0.2, 0.25) is 0 Å². The van der Waals surface area contributed by atoms with E-state index in [0.29, 0.717) is 11.0 Å². The number of para-hydroxylation sites is 1. The third-order valence-corrected chi connectivity index (χ3v) is 1.87. The predicted octanol–water partition coefficient (Wildman–Crippen LogP) is -1.39. The molecule has 5 heteroatoms. The SMILES string of the molecule is O=C(O)c1cc2ccccc2oc1=O.[H-].[Na+]. The van der Waals surface area contributed by atoms with Crippen LogP contribution in [0.4, 0.5) is 0 Å². The van der Waals surface area contributed by atoms with Crippen molar-refractivity contribution in [1.29, 1.82) is 0 Å². The number of hydrogen-bond donors (Lipinski definition) is 1. The van der Waals surface area contributed by atoms with Crippen molar-refractivity contribution in [2.24, 2.45) is 0 Å². The molecule has 2 aromatic rings. The molecule has 2 rings (SSSR count). The van der Waals surface area contributed by atoms with Gasteiger partial charge in [0.2, 0.25) is 0 Å². The molecule has 0 aliphatic rings. The molecule has 0 aliphatic heterocycles. The quantitative estimate of drug-likeness (QED) is 0.468. The summed E-state index contributed by atoms with van der Waals surface area (Å²) in [5.41, 5.74) is -0.776. The Labute approximate surface area is 108 Å². The Kier molecular flexibility index (Phi) is 3.68. The molecule has 1 N–H and O–H groups in total. The van der Waals surface area contributed by atoms with E-state index in [1.807, 2.05) is 0 Å². The summed E-state index contributed by atoms with van der Waals surface area (Å²) < 4.78 is 4.82. The Morgan fingerprint density at radius 3 is 2.67 bits per heavy atom. The minimum Gasteiger partial charge on any atom is -1.00 e. The van der Waals surface area contributed by atoms with E-state index >= 15 is 0 Å². The van der Waals surface area contributed by atoms with E-state index in [9.17, 15) is 9.59 Å². The van der Waals surface area contributed by atoms with Gasteiger partial charge in [-0.2, -0.15) is 0 Å². The number of hydrogen-bond acceptors (Lipinski definition) is 3. The molecule has 0 unspecified atom stereocenters. The van der Waals surface area contributed by atoms with Gasteiger partial charge in [-0.05, 0) is 12.1 Å². The second-order valence-corrected chi connectivity index (χ2v) is 2.79. The normalized spacial score (nSPS) is 9.60. The zero-order chi connectivity index (χ0) is 10.1. The van der Waals surface area contributed by atoms with Gasteiger partial charge in [-0.3, -0.25) is 0 Å². The number of benzene rings is 1. The number of rotatable bonds is 1. The van der Waals surface area contributed by atoms with E-state index in [0.717, 1.165) is 0 Å². The molecule has 0 bridgehead atoms. The number of fused-ring (bicyclic) bond motifs is 1. The largest absolute Gasteiger partial charge is 1.00 e. The van der Waals surface area contributed by atoms with Gasteiger partial charge in [0, 0.05) is 5.39 Å². The van der Waals surface area contributed by atoms with Crippen molar-refractivity contribution in [3.05, 3.63) is 46.3 Å². The minimum atomic E-state index is -1.27. The fourth-order valence-electron chi connectivity index (χ4n) is 1.21. The molecule has 0 aliphatic carbocycles. The van der Waals surface area contributed by atoms with E-state index in [4.69, 9.17) is 9.52 Å². The molecule has 15 heavy (non-hydrogen) atoms. The first-order valence-electron chi connectivity index (χ1n) is 3.94. The maximum Gasteiger partial charge on any atom is 1.00 e. The molecule has 1 heterocycles. The Balaban J connectivity index is 0.00000112. The maximum atomic E-state index is 11.1. The van der Waals surface area contributed by atoms with Gasteiger partial charge in [0.1, 0.15) is 11.1 Å². The van der Waals surface area contributed by atoms with Gasteiger partial charge in [-0.15, -0.1) is 0 Å². The average Bonchev–Trinajstić information content (AvgIpc) is 2.16. The van der Waals surface area contributed by atoms with Gasteiger partial charge in [0.25, 0.3) is 0 Å². The van der Waals surface area contributed by atoms with Crippen LogP contribution in [0.25, 0.3) is 11.0 Å². The molecule has 0 radical (unpaired) electrons. The molecule has 0 spiro atoms. The number of carboxylic acids is 1. The first-order valence-corrected chi connectivity index (χ1v) is 3.94. The predicted molar refractivity (Wildman–Crippen MR) is 50.6 cm³/mol. The molecule has 72 valence electrons. The van der Waals surface area contributed by atoms with Crippen LogP contribution in [0.15, 0.2) is 39.5 Å². The Hall–Kier alpha value is -1.10. The smallest absolute Gasteiger partial charge is 1.00 e. The summed E-state index contributed by atoms with van der Waals surface area (Å²) in [6, 6.07) is 8.07. The number of aromatic carboxylic acids is 1. The third kappa shape index (κ3) is 2.28. The monoisotopic (exact) mass is 214 g/mol. The van der Waals surface area contributed by atoms with Gasteiger partial charge in [0.05, 0.1) is 0 Å². The van der Waals surface area contributed by atoms with Crippen molar-refractivity contribution in [2.45, 2.75) is 0 Å². The minimum absolute atomic E-state index is 0. The topological polar surface area (TPSA) is 67.5 Å². The summed E-state index contributed by atoms with van der Waals surface area (Å²) in [4.78, 5) is 21.7. The molecule has 4 nitrogen and oxygen atoms in total. The Morgan fingerprint density at radius 1 is 1.33 bits per heavy atom. The van der Waals surface area contributed by atoms with Crippen molar-refractivity contribution < 1.29 is 45.3 Å². The zero-order valence-electron chi connectivity index (χ0n) is 9.06. The fourth-order valence-corrected chi connectivity index (χ4v) is 1.21. The summed E-state index contributed by atoms with van der Waals surface area (Å²) in [5, 5.41) is 9.27. The van der Waals surface area contributed by atoms with Crippen molar-refractivity contribution >= 4 is 16.9 Å². The van der Waals surface area contributed by atoms with Crippen LogP contribution >= 0.6 is 0 Å². The average molecular weight is 214 g/mol. The molecular weight excluding hydrogens is 207 g/mol. The van der Waals surface area contributed by atoms with E-state index in [1.54, 1.807) is 24.3 Å². The summed E-state index contributed by atoms with van der Waals surface area (Å²) in [6.07, 6.45) is 0. The number of carbonyl (C=O) groups is 1. The van der Waals surface area contributed by atoms with E-state index < -0.39 is 11.6 Å². The first-order chi connectivity index (χ1) is 6.68. The van der Waals surface area contributed by atoms with Crippen LogP contribution in [0, 0.1) is 0 Å². The van der Waals surface area contributed by atoms with Crippen LogP contribution < -0.4 is 35.2 Å². The molecule has 0 atom stereocenters. The van der Waals surface area contributed by atoms with Crippen molar-refractivity contribution in [1.82, 2.24) is 0 Å². The van der Waals surface area contributed by atoms with Gasteiger partial charge in [-0.1, -0.05) is 18.2 Å². The fraction of sp³-hybridized carbons (Fsp3) is 0.